The van der Waals surface area contributed by atoms with E-state index in [1.165, 1.54) is 0 Å². The highest BCUT2D eigenvalue weighted by molar-refractivity contribution is 7.89. The Labute approximate surface area is 238 Å². The summed E-state index contributed by atoms with van der Waals surface area (Å²) in [5.74, 6) is 0.180. The van der Waals surface area contributed by atoms with Crippen LogP contribution < -0.4 is 9.88 Å². The Kier molecular flexibility index (Phi) is 10.1. The SMILES string of the molecule is Cc1cc(CCCCOCCCCCCN2CC(c3ccc4c(c3)COC(C)(C)O4)OC2=O)cc(S(N)(=O)=O)c1. The molecule has 2 aliphatic heterocycles. The maximum Gasteiger partial charge on any atom is 0.410 e. The molecular weight excluding hydrogens is 532 g/mol. The van der Waals surface area contributed by atoms with Gasteiger partial charge in [0.15, 0.2) is 0 Å². The smallest absolute Gasteiger partial charge is 0.410 e. The number of benzene rings is 2. The molecule has 2 heterocycles. The van der Waals surface area contributed by atoms with E-state index in [1.54, 1.807) is 17.0 Å². The van der Waals surface area contributed by atoms with Gasteiger partial charge in [-0.15, -0.1) is 0 Å². The monoisotopic (exact) mass is 574 g/mol. The van der Waals surface area contributed by atoms with Crippen LogP contribution in [0.4, 0.5) is 4.79 Å². The number of nitrogens with two attached hydrogens (primary N) is 1. The van der Waals surface area contributed by atoms with Gasteiger partial charge in [0, 0.05) is 39.2 Å². The molecule has 2 aromatic rings. The van der Waals surface area contributed by atoms with E-state index in [0.29, 0.717) is 26.3 Å². The van der Waals surface area contributed by atoms with Crippen molar-refractivity contribution in [2.24, 2.45) is 5.14 Å². The summed E-state index contributed by atoms with van der Waals surface area (Å²) < 4.78 is 46.2. The van der Waals surface area contributed by atoms with Gasteiger partial charge in [-0.3, -0.25) is 0 Å². The molecule has 1 unspecified atom stereocenters. The summed E-state index contributed by atoms with van der Waals surface area (Å²) >= 11 is 0. The number of hydrogen-bond acceptors (Lipinski definition) is 7. The second-order valence-electron chi connectivity index (χ2n) is 11.2. The van der Waals surface area contributed by atoms with E-state index in [2.05, 4.69) is 0 Å². The second-order valence-corrected chi connectivity index (χ2v) is 12.7. The van der Waals surface area contributed by atoms with Crippen LogP contribution in [-0.4, -0.2) is 51.5 Å². The number of carbonyl (C=O) groups excluding carboxylic acids is 1. The van der Waals surface area contributed by atoms with Crippen LogP contribution in [-0.2, 0) is 37.3 Å². The van der Waals surface area contributed by atoms with Crippen molar-refractivity contribution >= 4 is 16.1 Å². The normalized spacial score (nSPS) is 18.4. The van der Waals surface area contributed by atoms with Crippen LogP contribution in [0.15, 0.2) is 41.3 Å². The number of carbonyl (C=O) groups is 1. The summed E-state index contributed by atoms with van der Waals surface area (Å²) in [5.41, 5.74) is 3.81. The number of hydrogen-bond donors (Lipinski definition) is 1. The van der Waals surface area contributed by atoms with Gasteiger partial charge in [-0.1, -0.05) is 25.0 Å². The van der Waals surface area contributed by atoms with Gasteiger partial charge in [0.05, 0.1) is 18.0 Å². The summed E-state index contributed by atoms with van der Waals surface area (Å²) in [4.78, 5) is 14.4. The third kappa shape index (κ3) is 8.67. The summed E-state index contributed by atoms with van der Waals surface area (Å²) in [7, 11) is -3.69. The molecule has 0 aliphatic carbocycles. The van der Waals surface area contributed by atoms with Gasteiger partial charge >= 0.3 is 6.09 Å². The van der Waals surface area contributed by atoms with Crippen molar-refractivity contribution in [2.75, 3.05) is 26.3 Å². The van der Waals surface area contributed by atoms with E-state index in [-0.39, 0.29) is 17.1 Å². The van der Waals surface area contributed by atoms with Crippen molar-refractivity contribution in [1.82, 2.24) is 4.90 Å². The molecule has 1 saturated heterocycles. The van der Waals surface area contributed by atoms with E-state index in [9.17, 15) is 13.2 Å². The molecular formula is C30H42N2O7S. The molecule has 2 aromatic carbocycles. The molecule has 0 spiro atoms. The first-order chi connectivity index (χ1) is 19.0. The number of sulfonamides is 1. The van der Waals surface area contributed by atoms with Crippen LogP contribution in [0.5, 0.6) is 5.75 Å². The zero-order valence-corrected chi connectivity index (χ0v) is 24.6. The van der Waals surface area contributed by atoms with Crippen molar-refractivity contribution < 1.29 is 32.2 Å². The van der Waals surface area contributed by atoms with Crippen molar-refractivity contribution in [3.8, 4) is 5.75 Å². The third-order valence-corrected chi connectivity index (χ3v) is 8.08. The molecule has 2 aliphatic rings. The van der Waals surface area contributed by atoms with E-state index in [1.807, 2.05) is 45.0 Å². The van der Waals surface area contributed by atoms with Crippen molar-refractivity contribution in [3.63, 3.8) is 0 Å². The fourth-order valence-electron chi connectivity index (χ4n) is 5.05. The van der Waals surface area contributed by atoms with Crippen LogP contribution >= 0.6 is 0 Å². The summed E-state index contributed by atoms with van der Waals surface area (Å²) in [6.45, 7) is 8.78. The van der Waals surface area contributed by atoms with E-state index >= 15 is 0 Å². The Balaban J connectivity index is 1.05. The van der Waals surface area contributed by atoms with Crippen LogP contribution in [0.3, 0.4) is 0 Å². The Hall–Kier alpha value is -2.66. The first kappa shape index (κ1) is 30.3. The molecule has 2 N–H and O–H groups in total. The van der Waals surface area contributed by atoms with Crippen LogP contribution in [0.25, 0.3) is 0 Å². The number of aryl methyl sites for hydroxylation is 2. The third-order valence-electron chi connectivity index (χ3n) is 7.18. The topological polar surface area (TPSA) is 117 Å². The first-order valence-electron chi connectivity index (χ1n) is 14.1. The lowest BCUT2D eigenvalue weighted by atomic mass is 10.0. The lowest BCUT2D eigenvalue weighted by molar-refractivity contribution is -0.180. The number of nitrogens with zero attached hydrogens (tertiary/aromatic N) is 1. The zero-order valence-electron chi connectivity index (χ0n) is 23.8. The highest BCUT2D eigenvalue weighted by atomic mass is 32.2. The lowest BCUT2D eigenvalue weighted by Gasteiger charge is -2.32. The summed E-state index contributed by atoms with van der Waals surface area (Å²) in [6.07, 6.45) is 6.09. The Morgan fingerprint density at radius 1 is 1.02 bits per heavy atom. The number of unbranched alkanes of at least 4 members (excludes halogenated alkanes) is 4. The fraction of sp³-hybridized carbons (Fsp3) is 0.567. The number of rotatable bonds is 14. The van der Waals surface area contributed by atoms with Crippen LogP contribution in [0.1, 0.15) is 80.7 Å². The van der Waals surface area contributed by atoms with Gasteiger partial charge in [0.1, 0.15) is 11.9 Å². The summed E-state index contributed by atoms with van der Waals surface area (Å²) in [6, 6.07) is 11.2. The average Bonchev–Trinajstić information content (AvgIpc) is 3.26. The average molecular weight is 575 g/mol. The zero-order chi connectivity index (χ0) is 28.8. The predicted molar refractivity (Wildman–Crippen MR) is 152 cm³/mol. The number of primary sulfonamides is 1. The van der Waals surface area contributed by atoms with Gasteiger partial charge in [-0.05, 0) is 80.0 Å². The Morgan fingerprint density at radius 2 is 1.77 bits per heavy atom. The standard InChI is InChI=1S/C30H42N2O7S/c1-22-16-23(18-26(17-22)40(31,34)35)10-6-9-15-36-14-8-5-4-7-13-32-20-28(38-29(32)33)24-11-12-27-25(19-24)21-37-30(2,3)39-27/h11-12,16-19,28H,4-10,13-15,20-21H2,1-3H3,(H2,31,34,35). The predicted octanol–water partition coefficient (Wildman–Crippen LogP) is 5.38. The fourth-order valence-corrected chi connectivity index (χ4v) is 5.72. The minimum absolute atomic E-state index is 0.171. The van der Waals surface area contributed by atoms with Gasteiger partial charge in [0.25, 0.3) is 0 Å². The first-order valence-corrected chi connectivity index (χ1v) is 15.7. The van der Waals surface area contributed by atoms with Gasteiger partial charge < -0.3 is 23.8 Å². The minimum atomic E-state index is -3.69. The molecule has 10 heteroatoms. The van der Waals surface area contributed by atoms with Gasteiger partial charge in [-0.2, -0.15) is 0 Å². The maximum atomic E-state index is 12.4. The quantitative estimate of drug-likeness (QED) is 0.301. The molecule has 4 rings (SSSR count). The molecule has 0 bridgehead atoms. The van der Waals surface area contributed by atoms with Crippen LogP contribution in [0.2, 0.25) is 0 Å². The highest BCUT2D eigenvalue weighted by Crippen LogP contribution is 2.35. The molecule has 0 aromatic heterocycles. The van der Waals surface area contributed by atoms with Crippen molar-refractivity contribution in [1.29, 1.82) is 0 Å². The van der Waals surface area contributed by atoms with Crippen molar-refractivity contribution in [2.45, 2.75) is 89.1 Å². The largest absolute Gasteiger partial charge is 0.463 e. The molecule has 220 valence electrons. The number of fused-ring (bicyclic) bond motifs is 1. The second kappa shape index (κ2) is 13.3. The van der Waals surface area contributed by atoms with Crippen LogP contribution in [0, 0.1) is 6.92 Å². The Morgan fingerprint density at radius 3 is 2.55 bits per heavy atom. The number of amides is 1. The lowest BCUT2D eigenvalue weighted by Crippen LogP contribution is -2.35. The number of ether oxygens (including phenoxy) is 4. The minimum Gasteiger partial charge on any atom is -0.463 e. The van der Waals surface area contributed by atoms with Gasteiger partial charge in [0.2, 0.25) is 15.8 Å². The van der Waals surface area contributed by atoms with Crippen molar-refractivity contribution in [3.05, 3.63) is 58.7 Å². The van der Waals surface area contributed by atoms with E-state index < -0.39 is 15.8 Å². The number of cyclic esters (lactones) is 1. The molecule has 1 atom stereocenters. The van der Waals surface area contributed by atoms with E-state index in [0.717, 1.165) is 79.6 Å². The molecule has 40 heavy (non-hydrogen) atoms. The van der Waals surface area contributed by atoms with E-state index in [4.69, 9.17) is 24.1 Å². The Bertz CT molecular complexity index is 1280. The molecule has 9 nitrogen and oxygen atoms in total. The molecule has 0 saturated carbocycles. The molecule has 1 amide bonds. The highest BCUT2D eigenvalue weighted by Gasteiger charge is 2.33. The molecule has 0 radical (unpaired) electrons. The summed E-state index contributed by atoms with van der Waals surface area (Å²) in [5, 5.41) is 5.26. The maximum absolute atomic E-state index is 12.4. The van der Waals surface area contributed by atoms with Gasteiger partial charge in [-0.25, -0.2) is 18.4 Å². The molecule has 1 fully saturated rings.